The van der Waals surface area contributed by atoms with Crippen LogP contribution in [-0.4, -0.2) is 22.6 Å². The number of unbranched alkanes of at least 4 members (excludes halogenated alkanes) is 8. The molecular weight excluding hydrogens is 394 g/mol. The lowest BCUT2D eigenvalue weighted by molar-refractivity contribution is 0.255. The van der Waals surface area contributed by atoms with Gasteiger partial charge in [0, 0.05) is 6.16 Å². The Kier molecular flexibility index (Phi) is 10.3. The topological polar surface area (TPSA) is 66.8 Å². The number of hydrogen-bond donors (Lipinski definition) is 2. The van der Waals surface area contributed by atoms with Crippen LogP contribution in [0.25, 0.3) is 0 Å². The lowest BCUT2D eigenvalue weighted by Gasteiger charge is -2.10. The van der Waals surface area contributed by atoms with Gasteiger partial charge >= 0.3 is 7.60 Å². The predicted octanol–water partition coefficient (Wildman–Crippen LogP) is 5.45. The van der Waals surface area contributed by atoms with Gasteiger partial charge < -0.3 is 14.5 Å². The van der Waals surface area contributed by atoms with Crippen LogP contribution in [0.2, 0.25) is 0 Å². The molecule has 27 heavy (non-hydrogen) atoms. The van der Waals surface area contributed by atoms with Gasteiger partial charge in [0.2, 0.25) is 29.1 Å². The Labute approximate surface area is 154 Å². The van der Waals surface area contributed by atoms with E-state index in [4.69, 9.17) is 14.5 Å². The van der Waals surface area contributed by atoms with Crippen molar-refractivity contribution >= 4 is 7.60 Å². The zero-order chi connectivity index (χ0) is 20.4. The Morgan fingerprint density at radius 1 is 0.630 bits per heavy atom. The Morgan fingerprint density at radius 2 is 1.00 bits per heavy atom. The number of rotatable bonds is 13. The molecule has 4 nitrogen and oxygen atoms in total. The van der Waals surface area contributed by atoms with Gasteiger partial charge in [-0.3, -0.25) is 4.57 Å². The Balaban J connectivity index is 2.11. The molecule has 0 spiro atoms. The van der Waals surface area contributed by atoms with Crippen molar-refractivity contribution in [1.82, 2.24) is 0 Å². The van der Waals surface area contributed by atoms with E-state index in [9.17, 15) is 26.5 Å². The molecule has 0 aromatic heterocycles. The fourth-order valence-electron chi connectivity index (χ4n) is 2.54. The van der Waals surface area contributed by atoms with Crippen LogP contribution in [-0.2, 0) is 4.57 Å². The largest absolute Gasteiger partial charge is 0.487 e. The molecule has 0 aliphatic rings. The average Bonchev–Trinajstić information content (AvgIpc) is 2.60. The third kappa shape index (κ3) is 8.58. The van der Waals surface area contributed by atoms with Crippen molar-refractivity contribution in [2.75, 3.05) is 12.8 Å². The highest BCUT2D eigenvalue weighted by Crippen LogP contribution is 2.35. The third-order valence-corrected chi connectivity index (χ3v) is 4.91. The second-order valence-corrected chi connectivity index (χ2v) is 8.09. The van der Waals surface area contributed by atoms with Gasteiger partial charge in [-0.15, -0.1) is 0 Å². The average molecular weight is 418 g/mol. The van der Waals surface area contributed by atoms with Crippen molar-refractivity contribution in [3.63, 3.8) is 0 Å². The molecule has 0 unspecified atom stereocenters. The second-order valence-electron chi connectivity index (χ2n) is 6.32. The fraction of sp³-hybridized carbons (Fsp3) is 0.647. The normalized spacial score (nSPS) is 11.8. The van der Waals surface area contributed by atoms with E-state index in [1.54, 1.807) is 0 Å². The van der Waals surface area contributed by atoms with Gasteiger partial charge in [0.1, 0.15) is 0 Å². The van der Waals surface area contributed by atoms with Crippen LogP contribution in [0, 0.1) is 29.1 Å². The van der Waals surface area contributed by atoms with Gasteiger partial charge in [-0.05, 0) is 12.8 Å². The summed E-state index contributed by atoms with van der Waals surface area (Å²) in [4.78, 5) is 17.4. The molecular formula is C17H24F5O4P. The first-order chi connectivity index (χ1) is 12.6. The Morgan fingerprint density at radius 3 is 1.44 bits per heavy atom. The molecule has 0 amide bonds. The first kappa shape index (κ1) is 23.9. The summed E-state index contributed by atoms with van der Waals surface area (Å²) in [5, 5.41) is 0. The maximum Gasteiger partial charge on any atom is 0.325 e. The SMILES string of the molecule is O=P(O)(O)CCCCCCCCCCCOc1c(F)c(F)c(F)c(F)c1F. The summed E-state index contributed by atoms with van der Waals surface area (Å²) in [6, 6.07) is 0. The van der Waals surface area contributed by atoms with Crippen LogP contribution in [0.15, 0.2) is 0 Å². The lowest BCUT2D eigenvalue weighted by atomic mass is 10.1. The molecule has 0 radical (unpaired) electrons. The van der Waals surface area contributed by atoms with Crippen LogP contribution >= 0.6 is 7.60 Å². The van der Waals surface area contributed by atoms with Crippen LogP contribution in [0.4, 0.5) is 22.0 Å². The highest BCUT2D eigenvalue weighted by molar-refractivity contribution is 7.51. The summed E-state index contributed by atoms with van der Waals surface area (Å²) in [6.07, 6.45) is 6.83. The monoisotopic (exact) mass is 418 g/mol. The van der Waals surface area contributed by atoms with Crippen molar-refractivity contribution in [2.24, 2.45) is 0 Å². The molecule has 0 aliphatic heterocycles. The molecule has 10 heteroatoms. The van der Waals surface area contributed by atoms with E-state index in [0.717, 1.165) is 38.5 Å². The Hall–Kier alpha value is -1.18. The highest BCUT2D eigenvalue weighted by atomic mass is 31.2. The summed E-state index contributed by atoms with van der Waals surface area (Å²) >= 11 is 0. The van der Waals surface area contributed by atoms with Crippen LogP contribution in [0.3, 0.4) is 0 Å². The van der Waals surface area contributed by atoms with E-state index in [1.807, 2.05) is 0 Å². The highest BCUT2D eigenvalue weighted by Gasteiger charge is 2.26. The maximum absolute atomic E-state index is 13.4. The molecule has 2 N–H and O–H groups in total. The molecule has 0 saturated heterocycles. The van der Waals surface area contributed by atoms with Crippen molar-refractivity contribution in [1.29, 1.82) is 0 Å². The van der Waals surface area contributed by atoms with E-state index < -0.39 is 42.4 Å². The summed E-state index contributed by atoms with van der Waals surface area (Å²) < 4.78 is 81.0. The molecule has 0 fully saturated rings. The zero-order valence-corrected chi connectivity index (χ0v) is 15.7. The minimum atomic E-state index is -3.90. The third-order valence-electron chi connectivity index (χ3n) is 4.01. The van der Waals surface area contributed by atoms with E-state index in [0.29, 0.717) is 19.3 Å². The van der Waals surface area contributed by atoms with Gasteiger partial charge in [0.25, 0.3) is 0 Å². The zero-order valence-electron chi connectivity index (χ0n) is 14.8. The molecule has 1 aromatic carbocycles. The van der Waals surface area contributed by atoms with E-state index >= 15 is 0 Å². The van der Waals surface area contributed by atoms with Crippen molar-refractivity contribution in [3.8, 4) is 5.75 Å². The number of benzene rings is 1. The standard InChI is InChI=1S/C17H24F5O4P/c18-12-13(19)15(21)17(16(22)14(12)20)26-10-8-6-4-2-1-3-5-7-9-11-27(23,24)25/h1-11H2,(H2,23,24,25). The minimum Gasteiger partial charge on any atom is -0.487 e. The maximum atomic E-state index is 13.4. The van der Waals surface area contributed by atoms with Crippen molar-refractivity contribution in [3.05, 3.63) is 29.1 Å². The summed E-state index contributed by atoms with van der Waals surface area (Å²) in [5.74, 6) is -11.4. The molecule has 1 aromatic rings. The quantitative estimate of drug-likeness (QED) is 0.147. The summed E-state index contributed by atoms with van der Waals surface area (Å²) in [7, 11) is -3.90. The number of hydrogen-bond acceptors (Lipinski definition) is 2. The van der Waals surface area contributed by atoms with Crippen LogP contribution in [0.1, 0.15) is 57.8 Å². The number of ether oxygens (including phenoxy) is 1. The minimum absolute atomic E-state index is 0.0873. The smallest absolute Gasteiger partial charge is 0.325 e. The van der Waals surface area contributed by atoms with Crippen LogP contribution in [0.5, 0.6) is 5.75 Å². The molecule has 1 rings (SSSR count). The number of halogens is 5. The lowest BCUT2D eigenvalue weighted by Crippen LogP contribution is -2.08. The molecule has 0 atom stereocenters. The van der Waals surface area contributed by atoms with Crippen LogP contribution < -0.4 is 4.74 Å². The molecule has 0 heterocycles. The predicted molar refractivity (Wildman–Crippen MR) is 90.2 cm³/mol. The molecule has 156 valence electrons. The molecule has 0 aliphatic carbocycles. The second kappa shape index (κ2) is 11.6. The Bertz CT molecular complexity index is 622. The fourth-order valence-corrected chi connectivity index (χ4v) is 3.18. The van der Waals surface area contributed by atoms with E-state index in [2.05, 4.69) is 0 Å². The van der Waals surface area contributed by atoms with E-state index in [1.165, 1.54) is 0 Å². The van der Waals surface area contributed by atoms with Crippen molar-refractivity contribution in [2.45, 2.75) is 57.8 Å². The van der Waals surface area contributed by atoms with Gasteiger partial charge in [0.05, 0.1) is 6.61 Å². The van der Waals surface area contributed by atoms with E-state index in [-0.39, 0.29) is 12.8 Å². The van der Waals surface area contributed by atoms with Gasteiger partial charge in [-0.2, -0.15) is 8.78 Å². The van der Waals surface area contributed by atoms with Gasteiger partial charge in [-0.1, -0.05) is 44.9 Å². The van der Waals surface area contributed by atoms with Gasteiger partial charge in [-0.25, -0.2) is 13.2 Å². The molecule has 0 saturated carbocycles. The summed E-state index contributed by atoms with van der Waals surface area (Å²) in [6.45, 7) is -0.152. The molecule has 0 bridgehead atoms. The first-order valence-electron chi connectivity index (χ1n) is 8.84. The summed E-state index contributed by atoms with van der Waals surface area (Å²) in [5.41, 5.74) is 0. The van der Waals surface area contributed by atoms with Crippen molar-refractivity contribution < 1.29 is 41.0 Å². The first-order valence-corrected chi connectivity index (χ1v) is 10.6. The van der Waals surface area contributed by atoms with Gasteiger partial charge in [0.15, 0.2) is 5.75 Å².